The molecule has 0 aliphatic heterocycles. The van der Waals surface area contributed by atoms with Gasteiger partial charge in [0.1, 0.15) is 6.10 Å². The maximum Gasteiger partial charge on any atom is 0.514 e. The molecule has 0 aromatic heterocycles. The van der Waals surface area contributed by atoms with Gasteiger partial charge in [-0.1, -0.05) is 94.7 Å². The van der Waals surface area contributed by atoms with Crippen molar-refractivity contribution in [3.8, 4) is 5.75 Å². The van der Waals surface area contributed by atoms with Crippen LogP contribution in [0.1, 0.15) is 117 Å². The van der Waals surface area contributed by atoms with E-state index in [-0.39, 0.29) is 11.5 Å². The Kier molecular flexibility index (Phi) is 8.82. The van der Waals surface area contributed by atoms with Crippen LogP contribution in [0, 0.1) is 34.5 Å². The van der Waals surface area contributed by atoms with Gasteiger partial charge in [-0.3, -0.25) is 0 Å². The van der Waals surface area contributed by atoms with Crippen LogP contribution in [0.2, 0.25) is 5.02 Å². The summed E-state index contributed by atoms with van der Waals surface area (Å²) < 4.78 is 11.2. The molecule has 0 saturated heterocycles. The third-order valence-corrected chi connectivity index (χ3v) is 11.8. The Balaban J connectivity index is 1.18. The average Bonchev–Trinajstić information content (AvgIpc) is 3.24. The zero-order chi connectivity index (χ0) is 26.8. The van der Waals surface area contributed by atoms with Crippen LogP contribution in [0.15, 0.2) is 35.9 Å². The van der Waals surface area contributed by atoms with Gasteiger partial charge in [0.2, 0.25) is 0 Å². The van der Waals surface area contributed by atoms with Crippen LogP contribution >= 0.6 is 11.6 Å². The van der Waals surface area contributed by atoms with E-state index in [1.54, 1.807) is 18.2 Å². The summed E-state index contributed by atoms with van der Waals surface area (Å²) in [6.45, 7) is 7.50. The number of hydrogen-bond acceptors (Lipinski definition) is 3. The first-order valence-electron chi connectivity index (χ1n) is 15.7. The second-order valence-electron chi connectivity index (χ2n) is 13.4. The highest BCUT2D eigenvalue weighted by Crippen LogP contribution is 2.66. The normalized spacial score (nSPS) is 36.0. The highest BCUT2D eigenvalue weighted by Gasteiger charge is 2.58. The lowest BCUT2D eigenvalue weighted by Crippen LogP contribution is -2.50. The van der Waals surface area contributed by atoms with E-state index in [0.29, 0.717) is 16.2 Å². The predicted octanol–water partition coefficient (Wildman–Crippen LogP) is 10.6. The van der Waals surface area contributed by atoms with Crippen molar-refractivity contribution in [2.75, 3.05) is 0 Å². The fourth-order valence-electron chi connectivity index (χ4n) is 9.26. The lowest BCUT2D eigenvalue weighted by molar-refractivity contribution is -0.0538. The van der Waals surface area contributed by atoms with Gasteiger partial charge in [0, 0.05) is 6.42 Å². The molecule has 210 valence electrons. The van der Waals surface area contributed by atoms with Crippen LogP contribution in [0.25, 0.3) is 0 Å². The van der Waals surface area contributed by atoms with E-state index >= 15 is 0 Å². The third kappa shape index (κ3) is 5.56. The first kappa shape index (κ1) is 28.1. The second-order valence-corrected chi connectivity index (χ2v) is 13.8. The Bertz CT molecular complexity index is 1000. The Hall–Kier alpha value is -1.48. The summed E-state index contributed by atoms with van der Waals surface area (Å²) in [5.74, 6) is 3.80. The van der Waals surface area contributed by atoms with E-state index in [2.05, 4.69) is 26.8 Å². The van der Waals surface area contributed by atoms with Crippen molar-refractivity contribution in [2.45, 2.75) is 123 Å². The Labute approximate surface area is 236 Å². The standard InChI is InChI=1S/C34H49ClO3/c1-4-5-6-7-8-9-12-24-16-18-28-27-17-15-25-23-26(37-32(36)38-31-14-11-10-13-30(31)35)19-21-34(25,3)29(27)20-22-33(24,28)2/h10-11,13-15,24,26-29H,4-9,12,16-23H2,1-3H3/t24-,26-,27-,28-,29-,33+,34-/m0/s1. The molecular weight excluding hydrogens is 492 g/mol. The molecule has 4 aliphatic rings. The molecule has 0 N–H and O–H groups in total. The zero-order valence-corrected chi connectivity index (χ0v) is 24.7. The van der Waals surface area contributed by atoms with Gasteiger partial charge in [-0.15, -0.1) is 0 Å². The van der Waals surface area contributed by atoms with E-state index in [0.717, 1.165) is 42.9 Å². The molecule has 5 rings (SSSR count). The summed E-state index contributed by atoms with van der Waals surface area (Å²) in [6, 6.07) is 7.04. The maximum atomic E-state index is 12.5. The predicted molar refractivity (Wildman–Crippen MR) is 156 cm³/mol. The minimum absolute atomic E-state index is 0.108. The van der Waals surface area contributed by atoms with Crippen LogP contribution < -0.4 is 4.74 Å². The fraction of sp³-hybridized carbons (Fsp3) is 0.735. The molecule has 0 radical (unpaired) electrons. The summed E-state index contributed by atoms with van der Waals surface area (Å²) in [6.07, 6.45) is 21.5. The minimum atomic E-state index is -0.642. The number of fused-ring (bicyclic) bond motifs is 5. The molecule has 1 aromatic carbocycles. The molecule has 3 fully saturated rings. The van der Waals surface area contributed by atoms with Crippen LogP contribution in [0.3, 0.4) is 0 Å². The molecule has 0 amide bonds. The molecule has 0 bridgehead atoms. The van der Waals surface area contributed by atoms with Crippen molar-refractivity contribution in [3.63, 3.8) is 0 Å². The monoisotopic (exact) mass is 540 g/mol. The first-order valence-corrected chi connectivity index (χ1v) is 16.1. The fourth-order valence-corrected chi connectivity index (χ4v) is 9.43. The van der Waals surface area contributed by atoms with Gasteiger partial charge in [0.25, 0.3) is 0 Å². The molecule has 7 atom stereocenters. The number of benzene rings is 1. The van der Waals surface area contributed by atoms with Gasteiger partial charge in [-0.2, -0.15) is 0 Å². The van der Waals surface area contributed by atoms with Gasteiger partial charge in [0.15, 0.2) is 5.75 Å². The van der Waals surface area contributed by atoms with Crippen LogP contribution in [0.4, 0.5) is 4.79 Å². The van der Waals surface area contributed by atoms with Gasteiger partial charge in [-0.25, -0.2) is 4.79 Å². The van der Waals surface area contributed by atoms with Crippen molar-refractivity contribution >= 4 is 17.8 Å². The number of unbranched alkanes of at least 4 members (excludes halogenated alkanes) is 5. The molecule has 4 aliphatic carbocycles. The topological polar surface area (TPSA) is 35.5 Å². The highest BCUT2D eigenvalue weighted by atomic mass is 35.5. The smallest absolute Gasteiger partial charge is 0.430 e. The van der Waals surface area contributed by atoms with E-state index < -0.39 is 6.16 Å². The number of carbonyl (C=O) groups excluding carboxylic acids is 1. The van der Waals surface area contributed by atoms with Gasteiger partial charge >= 0.3 is 6.16 Å². The maximum absolute atomic E-state index is 12.5. The lowest BCUT2D eigenvalue weighted by Gasteiger charge is -2.58. The molecule has 1 aromatic rings. The SMILES string of the molecule is CCCCCCCC[C@H]1CC[C@H]2[C@@H]3CC=C4C[C@@H](OC(=O)Oc5ccccc5Cl)CC[C@]4(C)[C@H]3CC[C@]12C. The summed E-state index contributed by atoms with van der Waals surface area (Å²) in [5.41, 5.74) is 2.34. The number of carbonyl (C=O) groups is 1. The second kappa shape index (κ2) is 11.9. The number of hydrogen-bond donors (Lipinski definition) is 0. The zero-order valence-electron chi connectivity index (χ0n) is 24.0. The van der Waals surface area contributed by atoms with Crippen molar-refractivity contribution in [3.05, 3.63) is 40.9 Å². The first-order chi connectivity index (χ1) is 18.3. The molecule has 3 saturated carbocycles. The van der Waals surface area contributed by atoms with E-state index in [4.69, 9.17) is 21.1 Å². The molecular formula is C34H49ClO3. The van der Waals surface area contributed by atoms with E-state index in [9.17, 15) is 4.79 Å². The Morgan fingerprint density at radius 2 is 1.76 bits per heavy atom. The molecule has 0 heterocycles. The molecule has 4 heteroatoms. The quantitative estimate of drug-likeness (QED) is 0.135. The average molecular weight is 541 g/mol. The minimum Gasteiger partial charge on any atom is -0.430 e. The van der Waals surface area contributed by atoms with Crippen LogP contribution in [0.5, 0.6) is 5.75 Å². The van der Waals surface area contributed by atoms with E-state index in [1.807, 2.05) is 6.07 Å². The Morgan fingerprint density at radius 3 is 2.58 bits per heavy atom. The van der Waals surface area contributed by atoms with Gasteiger partial charge in [0.05, 0.1) is 5.02 Å². The highest BCUT2D eigenvalue weighted by molar-refractivity contribution is 6.32. The largest absolute Gasteiger partial charge is 0.514 e. The van der Waals surface area contributed by atoms with Crippen molar-refractivity contribution in [2.24, 2.45) is 34.5 Å². The van der Waals surface area contributed by atoms with E-state index in [1.165, 1.54) is 82.6 Å². The lowest BCUT2D eigenvalue weighted by atomic mass is 9.47. The number of rotatable bonds is 9. The summed E-state index contributed by atoms with van der Waals surface area (Å²) in [7, 11) is 0. The van der Waals surface area contributed by atoms with Gasteiger partial charge in [-0.05, 0) is 98.0 Å². The number of halogens is 1. The van der Waals surface area contributed by atoms with Crippen LogP contribution in [-0.4, -0.2) is 12.3 Å². The third-order valence-electron chi connectivity index (χ3n) is 11.5. The van der Waals surface area contributed by atoms with Crippen molar-refractivity contribution in [1.82, 2.24) is 0 Å². The molecule has 0 unspecified atom stereocenters. The molecule has 38 heavy (non-hydrogen) atoms. The van der Waals surface area contributed by atoms with Crippen LogP contribution in [-0.2, 0) is 4.74 Å². The molecule has 3 nitrogen and oxygen atoms in total. The summed E-state index contributed by atoms with van der Waals surface area (Å²) >= 11 is 6.15. The van der Waals surface area contributed by atoms with Crippen molar-refractivity contribution in [1.29, 1.82) is 0 Å². The Morgan fingerprint density at radius 1 is 0.974 bits per heavy atom. The number of allylic oxidation sites excluding steroid dienone is 1. The van der Waals surface area contributed by atoms with Gasteiger partial charge < -0.3 is 9.47 Å². The number of para-hydroxylation sites is 1. The summed E-state index contributed by atoms with van der Waals surface area (Å²) in [4.78, 5) is 12.5. The van der Waals surface area contributed by atoms with Crippen molar-refractivity contribution < 1.29 is 14.3 Å². The molecule has 0 spiro atoms. The summed E-state index contributed by atoms with van der Waals surface area (Å²) in [5, 5.41) is 0.423. The number of ether oxygens (including phenoxy) is 2.